The Labute approximate surface area is 112 Å². The van der Waals surface area contributed by atoms with Crippen molar-refractivity contribution in [3.05, 3.63) is 35.1 Å². The predicted octanol–water partition coefficient (Wildman–Crippen LogP) is 1.78. The summed E-state index contributed by atoms with van der Waals surface area (Å²) in [6, 6.07) is 3.31. The molecule has 4 nitrogen and oxygen atoms in total. The monoisotopic (exact) mass is 266 g/mol. The Hall–Kier alpha value is -1.91. The van der Waals surface area contributed by atoms with Crippen molar-refractivity contribution in [2.24, 2.45) is 0 Å². The molecule has 0 saturated carbocycles. The van der Waals surface area contributed by atoms with Gasteiger partial charge in [-0.3, -0.25) is 9.59 Å². The van der Waals surface area contributed by atoms with Gasteiger partial charge in [-0.15, -0.1) is 0 Å². The first-order chi connectivity index (χ1) is 8.95. The average molecular weight is 266 g/mol. The van der Waals surface area contributed by atoms with Crippen LogP contribution < -0.4 is 10.6 Å². The van der Waals surface area contributed by atoms with Gasteiger partial charge in [-0.25, -0.2) is 4.39 Å². The lowest BCUT2D eigenvalue weighted by atomic mass is 10.1. The molecule has 0 aromatic heterocycles. The van der Waals surface area contributed by atoms with Crippen LogP contribution in [0.3, 0.4) is 0 Å². The van der Waals surface area contributed by atoms with E-state index in [1.807, 2.05) is 6.92 Å². The van der Waals surface area contributed by atoms with Gasteiger partial charge < -0.3 is 10.6 Å². The molecule has 0 aliphatic heterocycles. The molecule has 0 bridgehead atoms. The smallest absolute Gasteiger partial charge is 0.252 e. The number of hydrogen-bond acceptors (Lipinski definition) is 2. The number of aryl methyl sites for hydroxylation is 1. The number of benzene rings is 1. The molecule has 1 aromatic rings. The predicted molar refractivity (Wildman–Crippen MR) is 71.4 cm³/mol. The van der Waals surface area contributed by atoms with E-state index in [0.29, 0.717) is 17.7 Å². The molecule has 0 saturated heterocycles. The van der Waals surface area contributed by atoms with Crippen molar-refractivity contribution in [2.75, 3.05) is 6.54 Å². The SMILES string of the molecule is CCCNC(=O)C(C)NC(=O)c1ccc(F)cc1C. The van der Waals surface area contributed by atoms with Gasteiger partial charge in [0.15, 0.2) is 0 Å². The van der Waals surface area contributed by atoms with Gasteiger partial charge in [0, 0.05) is 12.1 Å². The molecule has 2 N–H and O–H groups in total. The summed E-state index contributed by atoms with van der Waals surface area (Å²) in [5.74, 6) is -0.991. The maximum absolute atomic E-state index is 12.9. The molecule has 0 aliphatic rings. The number of nitrogens with one attached hydrogen (secondary N) is 2. The number of amides is 2. The first-order valence-corrected chi connectivity index (χ1v) is 6.30. The van der Waals surface area contributed by atoms with E-state index in [-0.39, 0.29) is 17.6 Å². The largest absolute Gasteiger partial charge is 0.354 e. The molecule has 0 radical (unpaired) electrons. The normalized spacial score (nSPS) is 11.8. The molecule has 5 heteroatoms. The van der Waals surface area contributed by atoms with Gasteiger partial charge in [0.05, 0.1) is 0 Å². The van der Waals surface area contributed by atoms with Crippen molar-refractivity contribution in [3.63, 3.8) is 0 Å². The topological polar surface area (TPSA) is 58.2 Å². The maximum Gasteiger partial charge on any atom is 0.252 e. The average Bonchev–Trinajstić information content (AvgIpc) is 2.35. The third-order valence-electron chi connectivity index (χ3n) is 2.72. The second kappa shape index (κ2) is 6.87. The van der Waals surface area contributed by atoms with Gasteiger partial charge >= 0.3 is 0 Å². The highest BCUT2D eigenvalue weighted by atomic mass is 19.1. The van der Waals surface area contributed by atoms with Crippen LogP contribution in [0.15, 0.2) is 18.2 Å². The van der Waals surface area contributed by atoms with Crippen LogP contribution in [0.25, 0.3) is 0 Å². The van der Waals surface area contributed by atoms with E-state index in [2.05, 4.69) is 10.6 Å². The van der Waals surface area contributed by atoms with E-state index < -0.39 is 6.04 Å². The van der Waals surface area contributed by atoms with Crippen molar-refractivity contribution in [2.45, 2.75) is 33.2 Å². The molecule has 0 fully saturated rings. The molecule has 19 heavy (non-hydrogen) atoms. The Morgan fingerprint density at radius 1 is 1.37 bits per heavy atom. The maximum atomic E-state index is 12.9. The summed E-state index contributed by atoms with van der Waals surface area (Å²) in [4.78, 5) is 23.6. The summed E-state index contributed by atoms with van der Waals surface area (Å²) >= 11 is 0. The molecular weight excluding hydrogens is 247 g/mol. The van der Waals surface area contributed by atoms with E-state index in [4.69, 9.17) is 0 Å². The minimum atomic E-state index is -0.622. The van der Waals surface area contributed by atoms with Gasteiger partial charge in [0.1, 0.15) is 11.9 Å². The second-order valence-electron chi connectivity index (χ2n) is 4.45. The molecule has 0 spiro atoms. The first kappa shape index (κ1) is 15.1. The lowest BCUT2D eigenvalue weighted by Gasteiger charge is -2.14. The van der Waals surface area contributed by atoms with Crippen molar-refractivity contribution in [1.29, 1.82) is 0 Å². The first-order valence-electron chi connectivity index (χ1n) is 6.30. The van der Waals surface area contributed by atoms with Gasteiger partial charge in [0.25, 0.3) is 5.91 Å². The van der Waals surface area contributed by atoms with E-state index in [1.165, 1.54) is 18.2 Å². The molecule has 0 aliphatic carbocycles. The molecule has 1 atom stereocenters. The van der Waals surface area contributed by atoms with Crippen LogP contribution in [0.2, 0.25) is 0 Å². The fraction of sp³-hybridized carbons (Fsp3) is 0.429. The van der Waals surface area contributed by atoms with E-state index >= 15 is 0 Å². The third-order valence-corrected chi connectivity index (χ3v) is 2.72. The molecular formula is C14H19FN2O2. The van der Waals surface area contributed by atoms with Crippen LogP contribution in [-0.4, -0.2) is 24.4 Å². The molecule has 2 amide bonds. The Morgan fingerprint density at radius 3 is 2.63 bits per heavy atom. The highest BCUT2D eigenvalue weighted by molar-refractivity contribution is 5.98. The van der Waals surface area contributed by atoms with Crippen LogP contribution in [0.4, 0.5) is 4.39 Å². The van der Waals surface area contributed by atoms with Crippen molar-refractivity contribution in [3.8, 4) is 0 Å². The van der Waals surface area contributed by atoms with E-state index in [0.717, 1.165) is 6.42 Å². The Bertz CT molecular complexity index is 475. The second-order valence-corrected chi connectivity index (χ2v) is 4.45. The van der Waals surface area contributed by atoms with Crippen LogP contribution in [0, 0.1) is 12.7 Å². The van der Waals surface area contributed by atoms with E-state index in [9.17, 15) is 14.0 Å². The highest BCUT2D eigenvalue weighted by Crippen LogP contribution is 2.10. The molecule has 0 heterocycles. The van der Waals surface area contributed by atoms with Gasteiger partial charge in [0.2, 0.25) is 5.91 Å². The molecule has 1 aromatic carbocycles. The molecule has 104 valence electrons. The number of halogens is 1. The third kappa shape index (κ3) is 4.35. The van der Waals surface area contributed by atoms with Crippen molar-refractivity contribution >= 4 is 11.8 Å². The number of rotatable bonds is 5. The quantitative estimate of drug-likeness (QED) is 0.853. The minimum Gasteiger partial charge on any atom is -0.354 e. The van der Waals surface area contributed by atoms with Crippen LogP contribution in [-0.2, 0) is 4.79 Å². The lowest BCUT2D eigenvalue weighted by molar-refractivity contribution is -0.122. The zero-order valence-corrected chi connectivity index (χ0v) is 11.4. The lowest BCUT2D eigenvalue weighted by Crippen LogP contribution is -2.45. The molecule has 1 unspecified atom stereocenters. The number of carbonyl (C=O) groups excluding carboxylic acids is 2. The summed E-state index contributed by atoms with van der Waals surface area (Å²) in [5, 5.41) is 5.29. The summed E-state index contributed by atoms with van der Waals surface area (Å²) in [6.45, 7) is 5.79. The fourth-order valence-electron chi connectivity index (χ4n) is 1.62. The van der Waals surface area contributed by atoms with Crippen molar-refractivity contribution < 1.29 is 14.0 Å². The van der Waals surface area contributed by atoms with Gasteiger partial charge in [-0.2, -0.15) is 0 Å². The summed E-state index contributed by atoms with van der Waals surface area (Å²) in [5.41, 5.74) is 0.912. The minimum absolute atomic E-state index is 0.227. The van der Waals surface area contributed by atoms with Gasteiger partial charge in [-0.05, 0) is 44.0 Å². The summed E-state index contributed by atoms with van der Waals surface area (Å²) in [6.07, 6.45) is 0.837. The number of hydrogen-bond donors (Lipinski definition) is 2. The number of carbonyl (C=O) groups is 2. The summed E-state index contributed by atoms with van der Waals surface area (Å²) in [7, 11) is 0. The zero-order valence-electron chi connectivity index (χ0n) is 11.4. The Kier molecular flexibility index (Phi) is 5.48. The standard InChI is InChI=1S/C14H19FN2O2/c1-4-7-16-13(18)10(3)17-14(19)12-6-5-11(15)8-9(12)2/h5-6,8,10H,4,7H2,1-3H3,(H,16,18)(H,17,19). The van der Waals surface area contributed by atoms with Crippen LogP contribution in [0.1, 0.15) is 36.2 Å². The zero-order chi connectivity index (χ0) is 14.4. The Balaban J connectivity index is 2.66. The van der Waals surface area contributed by atoms with Crippen molar-refractivity contribution in [1.82, 2.24) is 10.6 Å². The van der Waals surface area contributed by atoms with Crippen LogP contribution >= 0.6 is 0 Å². The summed E-state index contributed by atoms with van der Waals surface area (Å²) < 4.78 is 12.9. The van der Waals surface area contributed by atoms with Crippen LogP contribution in [0.5, 0.6) is 0 Å². The van der Waals surface area contributed by atoms with E-state index in [1.54, 1.807) is 13.8 Å². The highest BCUT2D eigenvalue weighted by Gasteiger charge is 2.17. The Morgan fingerprint density at radius 2 is 2.05 bits per heavy atom. The van der Waals surface area contributed by atoms with Gasteiger partial charge in [-0.1, -0.05) is 6.92 Å². The molecule has 1 rings (SSSR count). The fourth-order valence-corrected chi connectivity index (χ4v) is 1.62.